The van der Waals surface area contributed by atoms with Crippen LogP contribution in [0.2, 0.25) is 0 Å². The van der Waals surface area contributed by atoms with Crippen molar-refractivity contribution in [2.24, 2.45) is 0 Å². The predicted octanol–water partition coefficient (Wildman–Crippen LogP) is 4.46. The molecule has 0 saturated carbocycles. The van der Waals surface area contributed by atoms with Gasteiger partial charge in [-0.05, 0) is 44.1 Å². The number of allylic oxidation sites excluding steroid dienone is 5. The van der Waals surface area contributed by atoms with Gasteiger partial charge in [-0.1, -0.05) is 35.9 Å². The van der Waals surface area contributed by atoms with Gasteiger partial charge in [0.25, 0.3) is 0 Å². The summed E-state index contributed by atoms with van der Waals surface area (Å²) in [7, 11) is 0. The van der Waals surface area contributed by atoms with Crippen LogP contribution in [0.15, 0.2) is 60.6 Å². The Bertz CT molecular complexity index is 787. The summed E-state index contributed by atoms with van der Waals surface area (Å²) < 4.78 is 2.15. The van der Waals surface area contributed by atoms with Gasteiger partial charge in [-0.15, -0.1) is 5.73 Å². The van der Waals surface area contributed by atoms with Crippen molar-refractivity contribution < 1.29 is 0 Å². The summed E-state index contributed by atoms with van der Waals surface area (Å²) >= 11 is 0. The number of benzene rings is 1. The molecule has 0 saturated heterocycles. The number of imidazole rings is 1. The molecule has 1 aliphatic carbocycles. The van der Waals surface area contributed by atoms with Crippen LogP contribution in [0.3, 0.4) is 0 Å². The predicted molar refractivity (Wildman–Crippen MR) is 87.5 cm³/mol. The molecule has 0 amide bonds. The van der Waals surface area contributed by atoms with Gasteiger partial charge >= 0.3 is 0 Å². The first-order valence-electron chi connectivity index (χ1n) is 7.09. The van der Waals surface area contributed by atoms with Gasteiger partial charge in [0.05, 0.1) is 11.3 Å². The van der Waals surface area contributed by atoms with Crippen LogP contribution in [0.5, 0.6) is 0 Å². The fourth-order valence-corrected chi connectivity index (χ4v) is 2.83. The quantitative estimate of drug-likeness (QED) is 0.739. The molecule has 0 N–H and O–H groups in total. The average molecular weight is 274 g/mol. The zero-order valence-corrected chi connectivity index (χ0v) is 12.6. The van der Waals surface area contributed by atoms with E-state index < -0.39 is 0 Å². The zero-order chi connectivity index (χ0) is 14.8. The molecule has 3 rings (SSSR count). The minimum atomic E-state index is 0.918. The van der Waals surface area contributed by atoms with Crippen LogP contribution in [0.4, 0.5) is 0 Å². The van der Waals surface area contributed by atoms with Gasteiger partial charge in [0, 0.05) is 12.4 Å². The molecule has 1 aliphatic rings. The Morgan fingerprint density at radius 3 is 2.52 bits per heavy atom. The van der Waals surface area contributed by atoms with E-state index in [9.17, 15) is 0 Å². The van der Waals surface area contributed by atoms with Crippen molar-refractivity contribution in [1.82, 2.24) is 9.55 Å². The summed E-state index contributed by atoms with van der Waals surface area (Å²) in [5, 5.41) is 0. The third kappa shape index (κ3) is 2.54. The van der Waals surface area contributed by atoms with Gasteiger partial charge in [-0.2, -0.15) is 0 Å². The Labute approximate surface area is 125 Å². The van der Waals surface area contributed by atoms with Gasteiger partial charge < -0.3 is 0 Å². The smallest absolute Gasteiger partial charge is 0.152 e. The van der Waals surface area contributed by atoms with Crippen LogP contribution < -0.4 is 0 Å². The van der Waals surface area contributed by atoms with Crippen molar-refractivity contribution in [2.45, 2.75) is 20.8 Å². The maximum atomic E-state index is 4.53. The fraction of sp³-hybridized carbons (Fsp3) is 0.158. The Morgan fingerprint density at radius 1 is 1.00 bits per heavy atom. The van der Waals surface area contributed by atoms with Gasteiger partial charge in [0.1, 0.15) is 0 Å². The van der Waals surface area contributed by atoms with E-state index in [2.05, 4.69) is 48.2 Å². The van der Waals surface area contributed by atoms with E-state index in [1.54, 1.807) is 0 Å². The van der Waals surface area contributed by atoms with E-state index in [0.717, 1.165) is 11.4 Å². The molecule has 0 bridgehead atoms. The van der Waals surface area contributed by atoms with Crippen molar-refractivity contribution in [3.63, 3.8) is 0 Å². The highest BCUT2D eigenvalue weighted by molar-refractivity contribution is 5.72. The normalized spacial score (nSPS) is 13.4. The lowest BCUT2D eigenvalue weighted by Crippen LogP contribution is -2.04. The number of rotatable bonds is 2. The molecule has 21 heavy (non-hydrogen) atoms. The lowest BCUT2D eigenvalue weighted by Gasteiger charge is -2.14. The molecule has 0 spiro atoms. The monoisotopic (exact) mass is 274 g/mol. The molecule has 1 aromatic heterocycles. The first kappa shape index (κ1) is 13.4. The van der Waals surface area contributed by atoms with Gasteiger partial charge in [0.2, 0.25) is 0 Å². The molecule has 2 heteroatoms. The van der Waals surface area contributed by atoms with Crippen LogP contribution in [0, 0.1) is 20.8 Å². The van der Waals surface area contributed by atoms with Crippen LogP contribution in [-0.2, 0) is 0 Å². The molecule has 2 aromatic rings. The third-order valence-corrected chi connectivity index (χ3v) is 3.58. The van der Waals surface area contributed by atoms with Crippen LogP contribution >= 0.6 is 0 Å². The SMILES string of the molecule is Cc1cc(C)c(-n2ccnc2C2=C=CC=CC=C2)c(C)c1. The van der Waals surface area contributed by atoms with Crippen LogP contribution in [0.1, 0.15) is 22.5 Å². The maximum Gasteiger partial charge on any atom is 0.152 e. The van der Waals surface area contributed by atoms with E-state index in [4.69, 9.17) is 0 Å². The Morgan fingerprint density at radius 2 is 1.76 bits per heavy atom. The summed E-state index contributed by atoms with van der Waals surface area (Å²) in [6, 6.07) is 4.42. The number of aromatic nitrogens is 2. The molecular weight excluding hydrogens is 256 g/mol. The van der Waals surface area contributed by atoms with Crippen molar-refractivity contribution in [3.05, 3.63) is 83.2 Å². The standard InChI is InChI=1S/C19H18N2/c1-14-12-15(2)18(16(3)13-14)21-11-10-20-19(21)17-8-6-4-5-7-9-17/h4-8,10-13H,1-3H3. The maximum absolute atomic E-state index is 4.53. The Hall–Kier alpha value is -2.57. The summed E-state index contributed by atoms with van der Waals surface area (Å²) in [6.07, 6.45) is 13.8. The highest BCUT2D eigenvalue weighted by Gasteiger charge is 2.12. The topological polar surface area (TPSA) is 17.8 Å². The summed E-state index contributed by atoms with van der Waals surface area (Å²) in [4.78, 5) is 4.53. The first-order chi connectivity index (χ1) is 10.2. The number of aryl methyl sites for hydroxylation is 3. The molecule has 0 fully saturated rings. The average Bonchev–Trinajstić information content (AvgIpc) is 2.72. The molecule has 0 unspecified atom stereocenters. The van der Waals surface area contributed by atoms with E-state index in [0.29, 0.717) is 0 Å². The second-order valence-corrected chi connectivity index (χ2v) is 5.34. The molecular formula is C19H18N2. The molecule has 0 aliphatic heterocycles. The lowest BCUT2D eigenvalue weighted by atomic mass is 10.0. The Kier molecular flexibility index (Phi) is 3.47. The molecule has 1 aromatic carbocycles. The lowest BCUT2D eigenvalue weighted by molar-refractivity contribution is 0.994. The Balaban J connectivity index is 2.19. The van der Waals surface area contributed by atoms with Crippen molar-refractivity contribution in [1.29, 1.82) is 0 Å². The van der Waals surface area contributed by atoms with Crippen molar-refractivity contribution in [3.8, 4) is 5.69 Å². The molecule has 2 nitrogen and oxygen atoms in total. The van der Waals surface area contributed by atoms with E-state index >= 15 is 0 Å². The minimum Gasteiger partial charge on any atom is -0.299 e. The van der Waals surface area contributed by atoms with Gasteiger partial charge in [-0.25, -0.2) is 4.98 Å². The second-order valence-electron chi connectivity index (χ2n) is 5.34. The molecule has 0 radical (unpaired) electrons. The third-order valence-electron chi connectivity index (χ3n) is 3.58. The first-order valence-corrected chi connectivity index (χ1v) is 7.09. The van der Waals surface area contributed by atoms with Gasteiger partial charge in [-0.3, -0.25) is 4.57 Å². The number of hydrogen-bond acceptors (Lipinski definition) is 1. The molecule has 1 heterocycles. The number of hydrogen-bond donors (Lipinski definition) is 0. The fourth-order valence-electron chi connectivity index (χ4n) is 2.83. The molecule has 104 valence electrons. The van der Waals surface area contributed by atoms with Crippen LogP contribution in [-0.4, -0.2) is 9.55 Å². The van der Waals surface area contributed by atoms with E-state index in [1.165, 1.54) is 22.4 Å². The van der Waals surface area contributed by atoms with Crippen molar-refractivity contribution >= 4 is 5.57 Å². The van der Waals surface area contributed by atoms with Gasteiger partial charge in [0.15, 0.2) is 5.82 Å². The largest absolute Gasteiger partial charge is 0.299 e. The minimum absolute atomic E-state index is 0.918. The summed E-state index contributed by atoms with van der Waals surface area (Å²) in [6.45, 7) is 6.42. The van der Waals surface area contributed by atoms with Crippen LogP contribution in [0.25, 0.3) is 11.3 Å². The summed E-state index contributed by atoms with van der Waals surface area (Å²) in [5.41, 5.74) is 9.27. The second kappa shape index (κ2) is 5.43. The zero-order valence-electron chi connectivity index (χ0n) is 12.6. The van der Waals surface area contributed by atoms with Crippen molar-refractivity contribution in [2.75, 3.05) is 0 Å². The van der Waals surface area contributed by atoms with E-state index in [1.807, 2.05) is 42.8 Å². The number of nitrogens with zero attached hydrogens (tertiary/aromatic N) is 2. The molecule has 0 atom stereocenters. The highest BCUT2D eigenvalue weighted by Crippen LogP contribution is 2.25. The van der Waals surface area contributed by atoms with E-state index in [-0.39, 0.29) is 0 Å². The summed E-state index contributed by atoms with van der Waals surface area (Å²) in [5.74, 6) is 0.918. The highest BCUT2D eigenvalue weighted by atomic mass is 15.1.